The molecule has 1 atom stereocenters. The minimum atomic E-state index is -0.264. The van der Waals surface area contributed by atoms with Crippen molar-refractivity contribution in [3.05, 3.63) is 57.5 Å². The van der Waals surface area contributed by atoms with Crippen molar-refractivity contribution in [1.29, 1.82) is 0 Å². The molecule has 4 rings (SSSR count). The number of aryl methyl sites for hydroxylation is 2. The number of benzene rings is 1. The van der Waals surface area contributed by atoms with Gasteiger partial charge < -0.3 is 19.5 Å². The van der Waals surface area contributed by atoms with Gasteiger partial charge in [0.1, 0.15) is 11.3 Å². The summed E-state index contributed by atoms with van der Waals surface area (Å²) >= 11 is 0. The third kappa shape index (κ3) is 3.20. The largest absolute Gasteiger partial charge is 0.495 e. The van der Waals surface area contributed by atoms with Crippen LogP contribution in [0.4, 0.5) is 5.69 Å². The number of aromatic amines is 1. The molecule has 1 amide bonds. The number of methoxy groups -OCH3 is 1. The van der Waals surface area contributed by atoms with Crippen LogP contribution < -0.4 is 15.2 Å². The van der Waals surface area contributed by atoms with E-state index in [0.29, 0.717) is 19.6 Å². The van der Waals surface area contributed by atoms with Crippen molar-refractivity contribution in [1.82, 2.24) is 9.88 Å². The Balaban J connectivity index is 1.54. The van der Waals surface area contributed by atoms with Gasteiger partial charge in [-0.1, -0.05) is 12.1 Å². The second-order valence-electron chi connectivity index (χ2n) is 7.33. The lowest BCUT2D eigenvalue weighted by Crippen LogP contribution is -2.54. The number of carbonyl (C=O) groups is 1. The molecular weight excluding hydrogens is 342 g/mol. The highest BCUT2D eigenvalue weighted by Crippen LogP contribution is 2.29. The van der Waals surface area contributed by atoms with Crippen molar-refractivity contribution in [2.75, 3.05) is 31.6 Å². The molecule has 2 heterocycles. The summed E-state index contributed by atoms with van der Waals surface area (Å²) < 4.78 is 5.47. The van der Waals surface area contributed by atoms with Crippen molar-refractivity contribution in [2.24, 2.45) is 0 Å². The molecule has 142 valence electrons. The lowest BCUT2D eigenvalue weighted by molar-refractivity contribution is 0.0672. The minimum Gasteiger partial charge on any atom is -0.495 e. The summed E-state index contributed by atoms with van der Waals surface area (Å²) in [5.41, 5.74) is 3.14. The van der Waals surface area contributed by atoms with Gasteiger partial charge >= 0.3 is 0 Å². The minimum absolute atomic E-state index is 0.00353. The topological polar surface area (TPSA) is 65.6 Å². The first-order valence-electron chi connectivity index (χ1n) is 9.52. The van der Waals surface area contributed by atoms with E-state index in [-0.39, 0.29) is 23.1 Å². The summed E-state index contributed by atoms with van der Waals surface area (Å²) in [5.74, 6) is 0.665. The van der Waals surface area contributed by atoms with E-state index in [9.17, 15) is 9.59 Å². The van der Waals surface area contributed by atoms with Crippen LogP contribution >= 0.6 is 0 Å². The molecule has 1 aromatic carbocycles. The van der Waals surface area contributed by atoms with Gasteiger partial charge in [0.2, 0.25) is 0 Å². The number of hydrogen-bond donors (Lipinski definition) is 1. The maximum atomic E-state index is 13.1. The number of piperazine rings is 1. The molecule has 6 nitrogen and oxygen atoms in total. The molecular formula is C21H25N3O3. The van der Waals surface area contributed by atoms with Crippen LogP contribution in [0.2, 0.25) is 0 Å². The number of rotatable bonds is 3. The van der Waals surface area contributed by atoms with Gasteiger partial charge in [-0.15, -0.1) is 0 Å². The summed E-state index contributed by atoms with van der Waals surface area (Å²) in [6.07, 6.45) is 2.87. The predicted octanol–water partition coefficient (Wildman–Crippen LogP) is 2.22. The number of ether oxygens (including phenoxy) is 1. The third-order valence-corrected chi connectivity index (χ3v) is 5.63. The number of nitrogens with zero attached hydrogens (tertiary/aromatic N) is 2. The Morgan fingerprint density at radius 1 is 1.22 bits per heavy atom. The number of hydrogen-bond acceptors (Lipinski definition) is 4. The zero-order valence-electron chi connectivity index (χ0n) is 15.8. The second-order valence-corrected chi connectivity index (χ2v) is 7.33. The number of nitrogens with one attached hydrogen (secondary N) is 1. The van der Waals surface area contributed by atoms with Crippen LogP contribution in [0, 0.1) is 0 Å². The van der Waals surface area contributed by atoms with E-state index in [1.807, 2.05) is 42.2 Å². The van der Waals surface area contributed by atoms with Crippen LogP contribution in [0.5, 0.6) is 5.75 Å². The van der Waals surface area contributed by atoms with Crippen molar-refractivity contribution >= 4 is 11.6 Å². The molecule has 0 unspecified atom stereocenters. The molecule has 0 spiro atoms. The first kappa shape index (κ1) is 17.6. The molecule has 6 heteroatoms. The number of pyridine rings is 1. The molecule has 1 N–H and O–H groups in total. The number of amides is 1. The maximum Gasteiger partial charge on any atom is 0.261 e. The van der Waals surface area contributed by atoms with E-state index in [1.54, 1.807) is 7.11 Å². The summed E-state index contributed by atoms with van der Waals surface area (Å²) in [5, 5.41) is 0. The van der Waals surface area contributed by atoms with Gasteiger partial charge in [0.25, 0.3) is 11.5 Å². The van der Waals surface area contributed by atoms with Gasteiger partial charge in [0, 0.05) is 31.4 Å². The SMILES string of the molecule is COc1ccccc1N1CCN(C(=O)c2cc3c([nH]c2=O)CCC3)[C@H](C)C1. The molecule has 1 aromatic heterocycles. The third-order valence-electron chi connectivity index (χ3n) is 5.63. The number of fused-ring (bicyclic) bond motifs is 1. The van der Waals surface area contributed by atoms with Crippen molar-refractivity contribution < 1.29 is 9.53 Å². The summed E-state index contributed by atoms with van der Waals surface area (Å²) in [6, 6.07) is 9.73. The fraction of sp³-hybridized carbons (Fsp3) is 0.429. The van der Waals surface area contributed by atoms with Gasteiger partial charge in [0.05, 0.1) is 12.8 Å². The van der Waals surface area contributed by atoms with E-state index < -0.39 is 0 Å². The van der Waals surface area contributed by atoms with Gasteiger partial charge in [0.15, 0.2) is 0 Å². The zero-order valence-corrected chi connectivity index (χ0v) is 15.8. The molecule has 1 fully saturated rings. The van der Waals surface area contributed by atoms with Crippen LogP contribution in [0.15, 0.2) is 35.1 Å². The number of H-pyrrole nitrogens is 1. The summed E-state index contributed by atoms with van der Waals surface area (Å²) in [6.45, 7) is 4.02. The Morgan fingerprint density at radius 2 is 2.04 bits per heavy atom. The highest BCUT2D eigenvalue weighted by molar-refractivity contribution is 5.94. The lowest BCUT2D eigenvalue weighted by Gasteiger charge is -2.41. The predicted molar refractivity (Wildman–Crippen MR) is 105 cm³/mol. The smallest absolute Gasteiger partial charge is 0.261 e. The monoisotopic (exact) mass is 367 g/mol. The molecule has 27 heavy (non-hydrogen) atoms. The van der Waals surface area contributed by atoms with E-state index in [0.717, 1.165) is 42.0 Å². The molecule has 0 radical (unpaired) electrons. The van der Waals surface area contributed by atoms with Crippen molar-refractivity contribution in [2.45, 2.75) is 32.2 Å². The normalized spacial score (nSPS) is 19.1. The fourth-order valence-corrected chi connectivity index (χ4v) is 4.20. The maximum absolute atomic E-state index is 13.1. The Kier molecular flexibility index (Phi) is 4.64. The van der Waals surface area contributed by atoms with Gasteiger partial charge in [-0.2, -0.15) is 0 Å². The average Bonchev–Trinajstić information content (AvgIpc) is 3.14. The van der Waals surface area contributed by atoms with E-state index in [4.69, 9.17) is 4.74 Å². The quantitative estimate of drug-likeness (QED) is 0.903. The number of anilines is 1. The van der Waals surface area contributed by atoms with E-state index in [2.05, 4.69) is 9.88 Å². The Bertz CT molecular complexity index is 921. The highest BCUT2D eigenvalue weighted by atomic mass is 16.5. The highest BCUT2D eigenvalue weighted by Gasteiger charge is 2.31. The lowest BCUT2D eigenvalue weighted by atomic mass is 10.1. The van der Waals surface area contributed by atoms with E-state index >= 15 is 0 Å². The van der Waals surface area contributed by atoms with Crippen LogP contribution in [-0.4, -0.2) is 48.6 Å². The van der Waals surface area contributed by atoms with Crippen molar-refractivity contribution in [3.8, 4) is 5.75 Å². The van der Waals surface area contributed by atoms with Gasteiger partial charge in [-0.25, -0.2) is 0 Å². The van der Waals surface area contributed by atoms with E-state index in [1.165, 1.54) is 0 Å². The first-order valence-corrected chi connectivity index (χ1v) is 9.52. The molecule has 1 aliphatic carbocycles. The average molecular weight is 367 g/mol. The molecule has 1 saturated heterocycles. The van der Waals surface area contributed by atoms with Gasteiger partial charge in [-0.05, 0) is 49.9 Å². The summed E-state index contributed by atoms with van der Waals surface area (Å²) in [7, 11) is 1.67. The number of para-hydroxylation sites is 2. The molecule has 0 saturated carbocycles. The van der Waals surface area contributed by atoms with Crippen LogP contribution in [0.1, 0.15) is 35.0 Å². The molecule has 2 aromatic rings. The van der Waals surface area contributed by atoms with Crippen LogP contribution in [0.3, 0.4) is 0 Å². The fourth-order valence-electron chi connectivity index (χ4n) is 4.20. The Morgan fingerprint density at radius 3 is 2.81 bits per heavy atom. The second kappa shape index (κ2) is 7.10. The van der Waals surface area contributed by atoms with Crippen LogP contribution in [0.25, 0.3) is 0 Å². The molecule has 1 aliphatic heterocycles. The zero-order chi connectivity index (χ0) is 19.0. The number of aromatic nitrogens is 1. The first-order chi connectivity index (χ1) is 13.1. The Labute approximate surface area is 158 Å². The summed E-state index contributed by atoms with van der Waals surface area (Å²) in [4.78, 5) is 32.4. The number of carbonyl (C=O) groups excluding carboxylic acids is 1. The van der Waals surface area contributed by atoms with Crippen molar-refractivity contribution in [3.63, 3.8) is 0 Å². The van der Waals surface area contributed by atoms with Crippen LogP contribution in [-0.2, 0) is 12.8 Å². The Hall–Kier alpha value is -2.76. The molecule has 2 aliphatic rings. The molecule has 0 bridgehead atoms. The standard InChI is InChI=1S/C21H25N3O3/c1-14-13-23(18-8-3-4-9-19(18)27-2)10-11-24(14)21(26)16-12-15-6-5-7-17(15)22-20(16)25/h3-4,8-9,12,14H,5-7,10-11,13H2,1-2H3,(H,22,25)/t14-/m1/s1. The van der Waals surface area contributed by atoms with Gasteiger partial charge in [-0.3, -0.25) is 9.59 Å².